The number of rotatable bonds is 3. The van der Waals surface area contributed by atoms with Gasteiger partial charge in [0.15, 0.2) is 15.8 Å². The van der Waals surface area contributed by atoms with Gasteiger partial charge in [-0.2, -0.15) is 0 Å². The first-order valence-corrected chi connectivity index (χ1v) is 6.06. The number of hydrogen-bond donors (Lipinski definition) is 1. The minimum absolute atomic E-state index is 0.481. The van der Waals surface area contributed by atoms with E-state index in [0.717, 1.165) is 18.6 Å². The number of aromatic nitrogens is 5. The van der Waals surface area contributed by atoms with Gasteiger partial charge in [0.05, 0.1) is 6.33 Å². The van der Waals surface area contributed by atoms with E-state index in [4.69, 9.17) is 12.2 Å². The van der Waals surface area contributed by atoms with Crippen LogP contribution in [0.4, 0.5) is 0 Å². The minimum atomic E-state index is 0.481. The Hall–Kier alpha value is -2.08. The first-order chi connectivity index (χ1) is 8.84. The van der Waals surface area contributed by atoms with Crippen molar-refractivity contribution < 1.29 is 0 Å². The van der Waals surface area contributed by atoms with Crippen molar-refractivity contribution in [1.29, 1.82) is 0 Å². The van der Waals surface area contributed by atoms with Crippen LogP contribution >= 0.6 is 12.2 Å². The van der Waals surface area contributed by atoms with E-state index in [2.05, 4.69) is 32.4 Å². The van der Waals surface area contributed by atoms with Crippen LogP contribution in [0.15, 0.2) is 36.7 Å². The molecule has 2 aromatic heterocycles. The van der Waals surface area contributed by atoms with E-state index >= 15 is 0 Å². The van der Waals surface area contributed by atoms with Gasteiger partial charge in [-0.1, -0.05) is 47.8 Å². The van der Waals surface area contributed by atoms with Gasteiger partial charge >= 0.3 is 0 Å². The summed E-state index contributed by atoms with van der Waals surface area (Å²) in [6.07, 6.45) is 2.48. The molecule has 0 amide bonds. The number of H-pyrrole nitrogens is 1. The molecule has 0 atom stereocenters. The van der Waals surface area contributed by atoms with Gasteiger partial charge in [-0.3, -0.25) is 0 Å². The molecule has 0 fully saturated rings. The molecule has 0 spiro atoms. The van der Waals surface area contributed by atoms with Crippen molar-refractivity contribution in [3.8, 4) is 0 Å². The molecule has 5 nitrogen and oxygen atoms in total. The van der Waals surface area contributed by atoms with Crippen LogP contribution in [0.3, 0.4) is 0 Å². The van der Waals surface area contributed by atoms with Crippen molar-refractivity contribution in [1.82, 2.24) is 25.0 Å². The largest absolute Gasteiger partial charge is 0.329 e. The number of nitrogens with zero attached hydrogens (tertiary/aromatic N) is 4. The summed E-state index contributed by atoms with van der Waals surface area (Å²) in [5.74, 6) is 0. The zero-order chi connectivity index (χ0) is 12.4. The van der Waals surface area contributed by atoms with Crippen LogP contribution in [0.1, 0.15) is 5.56 Å². The molecule has 3 rings (SSSR count). The summed E-state index contributed by atoms with van der Waals surface area (Å²) in [4.78, 5) is 7.02. The second kappa shape index (κ2) is 4.66. The number of aryl methyl sites for hydroxylation is 2. The molecule has 0 saturated carbocycles. The third-order valence-corrected chi connectivity index (χ3v) is 3.07. The predicted octanol–water partition coefficient (Wildman–Crippen LogP) is 2.13. The zero-order valence-corrected chi connectivity index (χ0v) is 10.4. The zero-order valence-electron chi connectivity index (χ0n) is 9.58. The molecule has 0 saturated heterocycles. The van der Waals surface area contributed by atoms with Gasteiger partial charge in [0, 0.05) is 6.54 Å². The highest BCUT2D eigenvalue weighted by Gasteiger charge is 2.06. The highest BCUT2D eigenvalue weighted by Crippen LogP contribution is 2.08. The minimum Gasteiger partial charge on any atom is -0.329 e. The average molecular weight is 257 g/mol. The Labute approximate surface area is 108 Å². The van der Waals surface area contributed by atoms with Crippen molar-refractivity contribution in [2.24, 2.45) is 0 Å². The molecule has 0 aliphatic carbocycles. The number of fused-ring (bicyclic) bond motifs is 1. The maximum absolute atomic E-state index is 5.10. The van der Waals surface area contributed by atoms with Gasteiger partial charge < -0.3 is 4.98 Å². The second-order valence-electron chi connectivity index (χ2n) is 3.95. The molecule has 0 aliphatic heterocycles. The molecule has 0 aliphatic rings. The number of benzene rings is 1. The number of nitrogens with one attached hydrogen (secondary N) is 1. The summed E-state index contributed by atoms with van der Waals surface area (Å²) in [7, 11) is 0. The quantitative estimate of drug-likeness (QED) is 0.730. The van der Waals surface area contributed by atoms with Crippen molar-refractivity contribution >= 4 is 23.4 Å². The highest BCUT2D eigenvalue weighted by molar-refractivity contribution is 7.71. The smallest absolute Gasteiger partial charge is 0.166 e. The van der Waals surface area contributed by atoms with E-state index in [0.29, 0.717) is 10.2 Å². The van der Waals surface area contributed by atoms with Gasteiger partial charge in [-0.05, 0) is 12.0 Å². The molecule has 2 heterocycles. The molecule has 0 unspecified atom stereocenters. The lowest BCUT2D eigenvalue weighted by Gasteiger charge is -2.02. The Bertz CT molecular complexity index is 716. The Morgan fingerprint density at radius 1 is 1.22 bits per heavy atom. The van der Waals surface area contributed by atoms with Crippen molar-refractivity contribution in [3.63, 3.8) is 0 Å². The van der Waals surface area contributed by atoms with Gasteiger partial charge in [0.2, 0.25) is 0 Å². The third-order valence-electron chi connectivity index (χ3n) is 2.78. The van der Waals surface area contributed by atoms with E-state index in [1.165, 1.54) is 5.56 Å². The molecule has 1 N–H and O–H groups in total. The first-order valence-electron chi connectivity index (χ1n) is 5.65. The lowest BCUT2D eigenvalue weighted by atomic mass is 10.1. The van der Waals surface area contributed by atoms with E-state index < -0.39 is 0 Å². The lowest BCUT2D eigenvalue weighted by molar-refractivity contribution is 0.602. The van der Waals surface area contributed by atoms with Crippen molar-refractivity contribution in [3.05, 3.63) is 46.9 Å². The van der Waals surface area contributed by atoms with Crippen LogP contribution in [0.2, 0.25) is 0 Å². The van der Waals surface area contributed by atoms with Crippen LogP contribution in [-0.2, 0) is 13.0 Å². The maximum atomic E-state index is 5.10. The normalized spacial score (nSPS) is 10.9. The summed E-state index contributed by atoms with van der Waals surface area (Å²) in [6, 6.07) is 10.3. The molecule has 90 valence electrons. The van der Waals surface area contributed by atoms with E-state index in [1.807, 2.05) is 22.9 Å². The summed E-state index contributed by atoms with van der Waals surface area (Å²) in [5.41, 5.74) is 2.75. The maximum Gasteiger partial charge on any atom is 0.166 e. The third kappa shape index (κ3) is 2.02. The summed E-state index contributed by atoms with van der Waals surface area (Å²) in [6.45, 7) is 0.760. The summed E-state index contributed by atoms with van der Waals surface area (Å²) in [5, 5.41) is 8.15. The standard InChI is InChI=1S/C12H11N5S/c18-12-10-11(13-8-14-12)17(16-15-10)7-6-9-4-2-1-3-5-9/h1-5,8H,6-7H2,(H,13,14,18). The monoisotopic (exact) mass is 257 g/mol. The fourth-order valence-corrected chi connectivity index (χ4v) is 2.04. The number of hydrogen-bond acceptors (Lipinski definition) is 4. The van der Waals surface area contributed by atoms with E-state index in [1.54, 1.807) is 6.33 Å². The fourth-order valence-electron chi connectivity index (χ4n) is 1.85. The lowest BCUT2D eigenvalue weighted by Crippen LogP contribution is -2.04. The van der Waals surface area contributed by atoms with Gasteiger partial charge in [0.1, 0.15) is 0 Å². The van der Waals surface area contributed by atoms with Gasteiger partial charge in [-0.25, -0.2) is 9.67 Å². The van der Waals surface area contributed by atoms with Crippen molar-refractivity contribution in [2.45, 2.75) is 13.0 Å². The van der Waals surface area contributed by atoms with E-state index in [9.17, 15) is 0 Å². The summed E-state index contributed by atoms with van der Waals surface area (Å²) >= 11 is 5.10. The molecular weight excluding hydrogens is 246 g/mol. The molecule has 3 aromatic rings. The topological polar surface area (TPSA) is 59.4 Å². The number of aromatic amines is 1. The molecule has 6 heteroatoms. The first kappa shape index (κ1) is 11.0. The highest BCUT2D eigenvalue weighted by atomic mass is 32.1. The Morgan fingerprint density at radius 2 is 2.06 bits per heavy atom. The van der Waals surface area contributed by atoms with E-state index in [-0.39, 0.29) is 0 Å². The Balaban J connectivity index is 1.88. The van der Waals surface area contributed by atoms with Crippen LogP contribution < -0.4 is 0 Å². The molecule has 0 radical (unpaired) electrons. The second-order valence-corrected chi connectivity index (χ2v) is 4.34. The van der Waals surface area contributed by atoms with Gasteiger partial charge in [0.25, 0.3) is 0 Å². The van der Waals surface area contributed by atoms with Crippen LogP contribution in [0.25, 0.3) is 11.2 Å². The van der Waals surface area contributed by atoms with Crippen molar-refractivity contribution in [2.75, 3.05) is 0 Å². The Morgan fingerprint density at radius 3 is 2.89 bits per heavy atom. The summed E-state index contributed by atoms with van der Waals surface area (Å²) < 4.78 is 2.30. The van der Waals surface area contributed by atoms with Crippen LogP contribution in [-0.4, -0.2) is 25.0 Å². The fraction of sp³-hybridized carbons (Fsp3) is 0.167. The SMILES string of the molecule is S=c1nc[nH]c2c1nnn2CCc1ccccc1. The molecule has 1 aromatic carbocycles. The predicted molar refractivity (Wildman–Crippen MR) is 70.7 cm³/mol. The van der Waals surface area contributed by atoms with Crippen LogP contribution in [0, 0.1) is 4.64 Å². The molecule has 18 heavy (non-hydrogen) atoms. The Kier molecular flexibility index (Phi) is 2.85. The molecule has 0 bridgehead atoms. The van der Waals surface area contributed by atoms with Gasteiger partial charge in [-0.15, -0.1) is 5.10 Å². The van der Waals surface area contributed by atoms with Crippen LogP contribution in [0.5, 0.6) is 0 Å². The molecular formula is C12H11N5S. The average Bonchev–Trinajstić information content (AvgIpc) is 2.82.